The fraction of sp³-hybridized carbons (Fsp3) is 0.385. The minimum absolute atomic E-state index is 0.243. The molecule has 1 N–H and O–H groups in total. The van der Waals surface area contributed by atoms with Crippen LogP contribution in [0.15, 0.2) is 24.3 Å². The summed E-state index contributed by atoms with van der Waals surface area (Å²) in [5.41, 5.74) is 0.425. The topological polar surface area (TPSA) is 64.6 Å². The maximum absolute atomic E-state index is 11.6. The van der Waals surface area contributed by atoms with E-state index >= 15 is 0 Å². The van der Waals surface area contributed by atoms with Crippen molar-refractivity contribution < 1.29 is 19.1 Å². The van der Waals surface area contributed by atoms with Crippen molar-refractivity contribution in [1.82, 2.24) is 5.32 Å². The Hall–Kier alpha value is -1.88. The Labute approximate surface area is 106 Å². The molecule has 0 aromatic heterocycles. The van der Waals surface area contributed by atoms with Gasteiger partial charge in [-0.3, -0.25) is 9.59 Å². The van der Waals surface area contributed by atoms with Crippen molar-refractivity contribution in [2.45, 2.75) is 13.0 Å². The summed E-state index contributed by atoms with van der Waals surface area (Å²) in [6, 6.07) is 6.78. The molecule has 0 spiro atoms. The van der Waals surface area contributed by atoms with E-state index in [0.717, 1.165) is 0 Å². The molecule has 1 aromatic carbocycles. The van der Waals surface area contributed by atoms with Gasteiger partial charge in [0.15, 0.2) is 12.4 Å². The maximum atomic E-state index is 11.6. The molecule has 0 radical (unpaired) electrons. The SMILES string of the molecule is COCCNC(=O)C(C)Oc1ccccc1C=O. The number of methoxy groups -OCH3 is 1. The third-order valence-corrected chi connectivity index (χ3v) is 2.32. The van der Waals surface area contributed by atoms with Crippen LogP contribution in [0.2, 0.25) is 0 Å². The van der Waals surface area contributed by atoms with E-state index < -0.39 is 6.10 Å². The van der Waals surface area contributed by atoms with Crippen LogP contribution in [0.3, 0.4) is 0 Å². The molecule has 98 valence electrons. The maximum Gasteiger partial charge on any atom is 0.260 e. The highest BCUT2D eigenvalue weighted by molar-refractivity contribution is 5.82. The molecule has 1 aromatic rings. The first-order chi connectivity index (χ1) is 8.69. The van der Waals surface area contributed by atoms with Gasteiger partial charge < -0.3 is 14.8 Å². The Balaban J connectivity index is 2.55. The molecule has 0 saturated carbocycles. The van der Waals surface area contributed by atoms with Crippen molar-refractivity contribution in [3.05, 3.63) is 29.8 Å². The van der Waals surface area contributed by atoms with Crippen molar-refractivity contribution in [3.63, 3.8) is 0 Å². The number of carbonyl (C=O) groups excluding carboxylic acids is 2. The lowest BCUT2D eigenvalue weighted by Gasteiger charge is -2.15. The van der Waals surface area contributed by atoms with E-state index in [9.17, 15) is 9.59 Å². The first-order valence-electron chi connectivity index (χ1n) is 5.66. The molecule has 0 fully saturated rings. The summed E-state index contributed by atoms with van der Waals surface area (Å²) in [7, 11) is 1.56. The predicted octanol–water partition coefficient (Wildman–Crippen LogP) is 1.03. The van der Waals surface area contributed by atoms with Crippen LogP contribution in [0.4, 0.5) is 0 Å². The Morgan fingerprint density at radius 1 is 1.44 bits per heavy atom. The monoisotopic (exact) mass is 251 g/mol. The second-order valence-corrected chi connectivity index (χ2v) is 3.70. The van der Waals surface area contributed by atoms with Crippen LogP contribution in [0.1, 0.15) is 17.3 Å². The molecule has 1 amide bonds. The Bertz CT molecular complexity index is 406. The van der Waals surface area contributed by atoms with E-state index in [1.807, 2.05) is 0 Å². The van der Waals surface area contributed by atoms with E-state index in [0.29, 0.717) is 30.8 Å². The van der Waals surface area contributed by atoms with Gasteiger partial charge >= 0.3 is 0 Å². The number of para-hydroxylation sites is 1. The fourth-order valence-electron chi connectivity index (χ4n) is 1.35. The largest absolute Gasteiger partial charge is 0.480 e. The summed E-state index contributed by atoms with van der Waals surface area (Å²) in [6.45, 7) is 2.51. The summed E-state index contributed by atoms with van der Waals surface area (Å²) >= 11 is 0. The van der Waals surface area contributed by atoms with Crippen LogP contribution >= 0.6 is 0 Å². The number of benzene rings is 1. The van der Waals surface area contributed by atoms with E-state index in [-0.39, 0.29) is 5.91 Å². The van der Waals surface area contributed by atoms with E-state index in [4.69, 9.17) is 9.47 Å². The van der Waals surface area contributed by atoms with Crippen molar-refractivity contribution >= 4 is 12.2 Å². The van der Waals surface area contributed by atoms with Gasteiger partial charge in [0.2, 0.25) is 0 Å². The van der Waals surface area contributed by atoms with Crippen LogP contribution in [0, 0.1) is 0 Å². The number of carbonyl (C=O) groups is 2. The van der Waals surface area contributed by atoms with Crippen molar-refractivity contribution in [2.24, 2.45) is 0 Å². The summed E-state index contributed by atoms with van der Waals surface area (Å²) in [6.07, 6.45) is 0.0354. The minimum atomic E-state index is -0.664. The van der Waals surface area contributed by atoms with E-state index in [1.54, 1.807) is 38.3 Å². The quantitative estimate of drug-likeness (QED) is 0.580. The first-order valence-corrected chi connectivity index (χ1v) is 5.66. The molecule has 0 aliphatic carbocycles. The number of aldehydes is 1. The standard InChI is InChI=1S/C13H17NO4/c1-10(13(16)14-7-8-17-2)18-12-6-4-3-5-11(12)9-15/h3-6,9-10H,7-8H2,1-2H3,(H,14,16). The molecule has 0 bridgehead atoms. The molecular weight excluding hydrogens is 234 g/mol. The number of hydrogen-bond donors (Lipinski definition) is 1. The number of amides is 1. The lowest BCUT2D eigenvalue weighted by atomic mass is 10.2. The number of hydrogen-bond acceptors (Lipinski definition) is 4. The molecule has 1 atom stereocenters. The van der Waals surface area contributed by atoms with E-state index in [1.165, 1.54) is 0 Å². The number of rotatable bonds is 7. The Kier molecular flexibility index (Phi) is 5.87. The fourth-order valence-corrected chi connectivity index (χ4v) is 1.35. The van der Waals surface area contributed by atoms with Crippen molar-refractivity contribution in [3.8, 4) is 5.75 Å². The third-order valence-electron chi connectivity index (χ3n) is 2.32. The van der Waals surface area contributed by atoms with E-state index in [2.05, 4.69) is 5.32 Å². The highest BCUT2D eigenvalue weighted by Gasteiger charge is 2.15. The minimum Gasteiger partial charge on any atom is -0.480 e. The molecule has 5 nitrogen and oxygen atoms in total. The van der Waals surface area contributed by atoms with Gasteiger partial charge in [0.25, 0.3) is 5.91 Å². The van der Waals surface area contributed by atoms with Crippen LogP contribution in [0.5, 0.6) is 5.75 Å². The molecule has 0 heterocycles. The van der Waals surface area contributed by atoms with Crippen LogP contribution in [-0.4, -0.2) is 38.6 Å². The zero-order valence-corrected chi connectivity index (χ0v) is 10.5. The molecule has 0 saturated heterocycles. The molecular formula is C13H17NO4. The predicted molar refractivity (Wildman–Crippen MR) is 66.8 cm³/mol. The lowest BCUT2D eigenvalue weighted by molar-refractivity contribution is -0.127. The average Bonchev–Trinajstić information content (AvgIpc) is 2.39. The van der Waals surface area contributed by atoms with Gasteiger partial charge in [-0.1, -0.05) is 12.1 Å². The Morgan fingerprint density at radius 3 is 2.83 bits per heavy atom. The van der Waals surface area contributed by atoms with Gasteiger partial charge in [-0.05, 0) is 19.1 Å². The second kappa shape index (κ2) is 7.45. The second-order valence-electron chi connectivity index (χ2n) is 3.70. The lowest BCUT2D eigenvalue weighted by Crippen LogP contribution is -2.38. The highest BCUT2D eigenvalue weighted by Crippen LogP contribution is 2.17. The highest BCUT2D eigenvalue weighted by atomic mass is 16.5. The zero-order chi connectivity index (χ0) is 13.4. The van der Waals surface area contributed by atoms with Crippen LogP contribution in [-0.2, 0) is 9.53 Å². The van der Waals surface area contributed by atoms with Crippen LogP contribution < -0.4 is 10.1 Å². The molecule has 0 aliphatic heterocycles. The molecule has 5 heteroatoms. The summed E-state index contributed by atoms with van der Waals surface area (Å²) in [4.78, 5) is 22.4. The van der Waals surface area contributed by atoms with Crippen molar-refractivity contribution in [1.29, 1.82) is 0 Å². The zero-order valence-electron chi connectivity index (χ0n) is 10.5. The van der Waals surface area contributed by atoms with Gasteiger partial charge in [-0.25, -0.2) is 0 Å². The smallest absolute Gasteiger partial charge is 0.260 e. The number of nitrogens with one attached hydrogen (secondary N) is 1. The molecule has 1 rings (SSSR count). The van der Waals surface area contributed by atoms with Gasteiger partial charge in [-0.2, -0.15) is 0 Å². The normalized spacial score (nSPS) is 11.7. The first kappa shape index (κ1) is 14.2. The summed E-state index contributed by atoms with van der Waals surface area (Å²) < 4.78 is 10.3. The van der Waals surface area contributed by atoms with Crippen molar-refractivity contribution in [2.75, 3.05) is 20.3 Å². The van der Waals surface area contributed by atoms with Gasteiger partial charge in [0, 0.05) is 13.7 Å². The molecule has 0 aliphatic rings. The molecule has 18 heavy (non-hydrogen) atoms. The number of ether oxygens (including phenoxy) is 2. The van der Waals surface area contributed by atoms with Gasteiger partial charge in [-0.15, -0.1) is 0 Å². The molecule has 1 unspecified atom stereocenters. The average molecular weight is 251 g/mol. The van der Waals surface area contributed by atoms with Crippen LogP contribution in [0.25, 0.3) is 0 Å². The van der Waals surface area contributed by atoms with Gasteiger partial charge in [0.1, 0.15) is 5.75 Å². The van der Waals surface area contributed by atoms with Gasteiger partial charge in [0.05, 0.1) is 12.2 Å². The summed E-state index contributed by atoms with van der Waals surface area (Å²) in [5.74, 6) is 0.162. The summed E-state index contributed by atoms with van der Waals surface area (Å²) in [5, 5.41) is 2.66. The third kappa shape index (κ3) is 4.18. The Morgan fingerprint density at radius 2 is 2.17 bits per heavy atom.